The molecule has 1 N–H and O–H groups in total. The molecule has 2 saturated heterocycles. The van der Waals surface area contributed by atoms with Crippen LogP contribution >= 0.6 is 11.8 Å². The van der Waals surface area contributed by atoms with E-state index in [1.807, 2.05) is 17.3 Å². The molecule has 1 atom stereocenters. The molecule has 1 unspecified atom stereocenters. The van der Waals surface area contributed by atoms with Crippen LogP contribution in [-0.2, 0) is 19.4 Å². The largest absolute Gasteiger partial charge is 0.461 e. The monoisotopic (exact) mass is 598 g/mol. The van der Waals surface area contributed by atoms with Crippen molar-refractivity contribution in [3.63, 3.8) is 0 Å². The van der Waals surface area contributed by atoms with Crippen LogP contribution in [0.2, 0.25) is 0 Å². The highest BCUT2D eigenvalue weighted by Crippen LogP contribution is 2.40. The number of nitrogens with one attached hydrogen (secondary N) is 1. The summed E-state index contributed by atoms with van der Waals surface area (Å²) in [4.78, 5) is 20.0. The number of thioether (sulfide) groups is 1. The van der Waals surface area contributed by atoms with E-state index in [4.69, 9.17) is 14.7 Å². The molecule has 0 spiro atoms. The van der Waals surface area contributed by atoms with Crippen LogP contribution in [0.25, 0.3) is 6.08 Å². The zero-order valence-electron chi connectivity index (χ0n) is 25.7. The van der Waals surface area contributed by atoms with E-state index in [-0.39, 0.29) is 5.54 Å². The Morgan fingerprint density at radius 1 is 1.07 bits per heavy atom. The van der Waals surface area contributed by atoms with Gasteiger partial charge in [0.15, 0.2) is 0 Å². The summed E-state index contributed by atoms with van der Waals surface area (Å²) >= 11 is 1.82. The Labute approximate surface area is 261 Å². The first-order valence-electron chi connectivity index (χ1n) is 16.6. The highest BCUT2D eigenvalue weighted by Gasteiger charge is 2.45. The summed E-state index contributed by atoms with van der Waals surface area (Å²) in [5.74, 6) is 2.07. The zero-order chi connectivity index (χ0) is 29.1. The fourth-order valence-corrected chi connectivity index (χ4v) is 8.53. The van der Waals surface area contributed by atoms with Gasteiger partial charge in [0.2, 0.25) is 0 Å². The van der Waals surface area contributed by atoms with Crippen LogP contribution in [0, 0.1) is 0 Å². The van der Waals surface area contributed by atoms with Crippen LogP contribution in [0.5, 0.6) is 6.01 Å². The lowest BCUT2D eigenvalue weighted by molar-refractivity contribution is 0.107. The van der Waals surface area contributed by atoms with Crippen molar-refractivity contribution >= 4 is 34.9 Å². The van der Waals surface area contributed by atoms with Crippen molar-refractivity contribution in [3.8, 4) is 6.01 Å². The van der Waals surface area contributed by atoms with Gasteiger partial charge >= 0.3 is 6.01 Å². The first kappa shape index (κ1) is 28.9. The van der Waals surface area contributed by atoms with Gasteiger partial charge in [-0.2, -0.15) is 9.97 Å². The quantitative estimate of drug-likeness (QED) is 0.382. The molecule has 1 aliphatic carbocycles. The number of nitrogens with zero attached hydrogens (tertiary/aromatic N) is 5. The van der Waals surface area contributed by atoms with Crippen molar-refractivity contribution in [2.45, 2.75) is 89.3 Å². The molecule has 4 aliphatic heterocycles. The molecule has 5 heterocycles. The Bertz CT molecular complexity index is 1380. The van der Waals surface area contributed by atoms with Gasteiger partial charge in [-0.3, -0.25) is 9.89 Å². The van der Waals surface area contributed by atoms with Gasteiger partial charge < -0.3 is 15.0 Å². The van der Waals surface area contributed by atoms with Gasteiger partial charge in [-0.05, 0) is 94.5 Å². The number of ether oxygens (including phenoxy) is 1. The van der Waals surface area contributed by atoms with E-state index in [1.54, 1.807) is 0 Å². The number of hydrogen-bond acceptors (Lipinski definition) is 8. The van der Waals surface area contributed by atoms with Crippen LogP contribution in [0.1, 0.15) is 80.7 Å². The van der Waals surface area contributed by atoms with Crippen molar-refractivity contribution in [3.05, 3.63) is 58.3 Å². The third-order valence-corrected chi connectivity index (χ3v) is 11.0. The third-order valence-electron chi connectivity index (χ3n) is 10.2. The maximum atomic E-state index is 6.57. The summed E-state index contributed by atoms with van der Waals surface area (Å²) in [6.45, 7) is 7.99. The van der Waals surface area contributed by atoms with Gasteiger partial charge in [0, 0.05) is 36.1 Å². The van der Waals surface area contributed by atoms with Crippen molar-refractivity contribution < 1.29 is 4.74 Å². The van der Waals surface area contributed by atoms with Crippen LogP contribution in [-0.4, -0.2) is 70.5 Å². The van der Waals surface area contributed by atoms with E-state index in [0.29, 0.717) is 18.7 Å². The lowest BCUT2D eigenvalue weighted by Crippen LogP contribution is -2.43. The predicted octanol–water partition coefficient (Wildman–Crippen LogP) is 6.68. The number of benzene rings is 1. The maximum Gasteiger partial charge on any atom is 0.318 e. The summed E-state index contributed by atoms with van der Waals surface area (Å²) in [5.41, 5.74) is 10.2. The molecule has 1 aromatic heterocycles. The molecule has 2 aromatic rings. The zero-order valence-corrected chi connectivity index (χ0v) is 26.5. The smallest absolute Gasteiger partial charge is 0.318 e. The normalized spacial score (nSPS) is 24.1. The molecule has 7 nitrogen and oxygen atoms in total. The molecule has 0 radical (unpaired) electrons. The second-order valence-corrected chi connectivity index (χ2v) is 13.8. The molecule has 0 saturated carbocycles. The molecular formula is C35H46N6OS. The van der Waals surface area contributed by atoms with Crippen molar-refractivity contribution in [1.82, 2.24) is 14.9 Å². The summed E-state index contributed by atoms with van der Waals surface area (Å²) < 4.78 is 6.57. The van der Waals surface area contributed by atoms with Crippen LogP contribution < -0.4 is 15.0 Å². The predicted molar refractivity (Wildman–Crippen MR) is 180 cm³/mol. The lowest BCUT2D eigenvalue weighted by Gasteiger charge is -2.34. The minimum atomic E-state index is 0.174. The SMILES string of the molecule is CCC1=CC=Cc2cccc(N3CCc4c(nc(OCC56CCCN5CCC6)nc4NC4CCC/N=C\SCC4)C3)c2C1. The number of fused-ring (bicyclic) bond motifs is 3. The van der Waals surface area contributed by atoms with Gasteiger partial charge in [-0.1, -0.05) is 42.9 Å². The molecule has 228 valence electrons. The first-order chi connectivity index (χ1) is 21.2. The molecule has 43 heavy (non-hydrogen) atoms. The van der Waals surface area contributed by atoms with Crippen LogP contribution in [0.4, 0.5) is 11.5 Å². The Morgan fingerprint density at radius 3 is 2.86 bits per heavy atom. The molecule has 5 aliphatic rings. The fraction of sp³-hybridized carbons (Fsp3) is 0.571. The van der Waals surface area contributed by atoms with E-state index in [1.165, 1.54) is 66.7 Å². The van der Waals surface area contributed by atoms with Gasteiger partial charge in [0.25, 0.3) is 0 Å². The number of allylic oxidation sites excluding steroid dienone is 3. The van der Waals surface area contributed by atoms with Crippen LogP contribution in [0.15, 0.2) is 40.9 Å². The summed E-state index contributed by atoms with van der Waals surface area (Å²) in [6, 6.07) is 7.70. The minimum Gasteiger partial charge on any atom is -0.461 e. The first-order valence-corrected chi connectivity index (χ1v) is 17.6. The van der Waals surface area contributed by atoms with Gasteiger partial charge in [0.1, 0.15) is 12.4 Å². The number of rotatable bonds is 7. The highest BCUT2D eigenvalue weighted by atomic mass is 32.2. The van der Waals surface area contributed by atoms with E-state index in [0.717, 1.165) is 75.4 Å². The van der Waals surface area contributed by atoms with E-state index < -0.39 is 0 Å². The highest BCUT2D eigenvalue weighted by molar-refractivity contribution is 8.12. The molecule has 7 rings (SSSR count). The Kier molecular flexibility index (Phi) is 8.76. The number of aromatic nitrogens is 2. The lowest BCUT2D eigenvalue weighted by atomic mass is 9.95. The maximum absolute atomic E-state index is 6.57. The standard InChI is InChI=1S/C35H46N6OS/c1-2-26-8-3-9-27-10-4-12-32(30(27)22-26)40-20-13-29-31(23-40)38-34(42-24-35-15-6-18-41(35)19-7-16-35)39-33(29)37-28-11-5-17-36-25-43-21-14-28/h3-4,8-10,12,25,28H,2,5-7,11,13-24H2,1H3,(H,37,38,39)/b36-25-. The second kappa shape index (κ2) is 13.0. The molecule has 0 amide bonds. The van der Waals surface area contributed by atoms with Gasteiger partial charge in [-0.15, -0.1) is 11.8 Å². The molecule has 0 bridgehead atoms. The summed E-state index contributed by atoms with van der Waals surface area (Å²) in [5, 5.41) is 3.90. The Hall–Kier alpha value is -2.84. The van der Waals surface area contributed by atoms with Crippen molar-refractivity contribution in [2.75, 3.05) is 48.8 Å². The molecule has 1 aromatic carbocycles. The van der Waals surface area contributed by atoms with E-state index in [2.05, 4.69) is 63.5 Å². The van der Waals surface area contributed by atoms with Gasteiger partial charge in [-0.25, -0.2) is 0 Å². The summed E-state index contributed by atoms with van der Waals surface area (Å²) in [6.07, 6.45) is 18.1. The van der Waals surface area contributed by atoms with Crippen molar-refractivity contribution in [1.29, 1.82) is 0 Å². The minimum absolute atomic E-state index is 0.174. The Morgan fingerprint density at radius 2 is 1.98 bits per heavy atom. The molecular weight excluding hydrogens is 552 g/mol. The van der Waals surface area contributed by atoms with Gasteiger partial charge in [0.05, 0.1) is 23.3 Å². The summed E-state index contributed by atoms with van der Waals surface area (Å²) in [7, 11) is 0. The van der Waals surface area contributed by atoms with E-state index in [9.17, 15) is 0 Å². The average Bonchev–Trinajstić information content (AvgIpc) is 3.57. The van der Waals surface area contributed by atoms with Crippen LogP contribution in [0.3, 0.4) is 0 Å². The topological polar surface area (TPSA) is 65.9 Å². The third kappa shape index (κ3) is 6.23. The number of anilines is 2. The average molecular weight is 599 g/mol. The second-order valence-electron chi connectivity index (χ2n) is 12.9. The Balaban J connectivity index is 1.18. The molecule has 8 heteroatoms. The fourth-order valence-electron chi connectivity index (χ4n) is 7.79. The van der Waals surface area contributed by atoms with Crippen molar-refractivity contribution in [2.24, 2.45) is 4.99 Å². The number of aliphatic imine (C=N–C) groups is 1. The molecule has 2 fully saturated rings. The van der Waals surface area contributed by atoms with E-state index >= 15 is 0 Å². The number of hydrogen-bond donors (Lipinski definition) is 1.